The molecule has 0 bridgehead atoms. The van der Waals surface area contributed by atoms with Crippen molar-refractivity contribution in [1.29, 1.82) is 0 Å². The van der Waals surface area contributed by atoms with Crippen LogP contribution in [0.15, 0.2) is 42.5 Å². The minimum Gasteiger partial charge on any atom is -0.494 e. The lowest BCUT2D eigenvalue weighted by Crippen LogP contribution is -2.15. The molecule has 1 atom stereocenters. The van der Waals surface area contributed by atoms with Gasteiger partial charge >= 0.3 is 5.97 Å². The molecule has 2 rings (SSSR count). The zero-order valence-electron chi connectivity index (χ0n) is 13.4. The maximum atomic E-state index is 11.7. The number of carbonyl (C=O) groups is 1. The molecule has 0 radical (unpaired) electrons. The van der Waals surface area contributed by atoms with Gasteiger partial charge in [-0.25, -0.2) is 0 Å². The van der Waals surface area contributed by atoms with Crippen molar-refractivity contribution in [1.82, 2.24) is 0 Å². The number of carboxylic acid groups (broad SMARTS) is 1. The van der Waals surface area contributed by atoms with Gasteiger partial charge in [0, 0.05) is 5.02 Å². The van der Waals surface area contributed by atoms with E-state index in [1.54, 1.807) is 12.1 Å². The first-order chi connectivity index (χ1) is 11.0. The van der Waals surface area contributed by atoms with Crippen molar-refractivity contribution in [3.8, 4) is 5.75 Å². The van der Waals surface area contributed by atoms with Crippen LogP contribution in [0.25, 0.3) is 0 Å². The SMILES string of the molecule is CCCOc1ccc(C(Cc2ccc(Cl)cc2)C(=O)O)c(C)c1. The summed E-state index contributed by atoms with van der Waals surface area (Å²) in [7, 11) is 0. The predicted octanol–water partition coefficient (Wildman–Crippen LogP) is 4.85. The largest absolute Gasteiger partial charge is 0.494 e. The van der Waals surface area contributed by atoms with Crippen molar-refractivity contribution < 1.29 is 14.6 Å². The summed E-state index contributed by atoms with van der Waals surface area (Å²) in [6, 6.07) is 12.9. The van der Waals surface area contributed by atoms with Crippen molar-refractivity contribution in [2.24, 2.45) is 0 Å². The highest BCUT2D eigenvalue weighted by Gasteiger charge is 2.22. The molecule has 0 saturated heterocycles. The molecule has 0 saturated carbocycles. The second-order valence-electron chi connectivity index (χ2n) is 5.59. The molecule has 0 aliphatic carbocycles. The number of hydrogen-bond acceptors (Lipinski definition) is 2. The Morgan fingerprint density at radius 1 is 1.22 bits per heavy atom. The zero-order valence-corrected chi connectivity index (χ0v) is 14.1. The molecule has 3 nitrogen and oxygen atoms in total. The molecule has 23 heavy (non-hydrogen) atoms. The third kappa shape index (κ3) is 4.73. The van der Waals surface area contributed by atoms with Gasteiger partial charge in [-0.15, -0.1) is 0 Å². The minimum absolute atomic E-state index is 0.433. The molecular formula is C19H21ClO3. The second kappa shape index (κ2) is 8.02. The first kappa shape index (κ1) is 17.4. The van der Waals surface area contributed by atoms with Crippen molar-refractivity contribution in [3.63, 3.8) is 0 Å². The van der Waals surface area contributed by atoms with E-state index in [2.05, 4.69) is 0 Å². The molecule has 122 valence electrons. The number of halogens is 1. The maximum Gasteiger partial charge on any atom is 0.311 e. The van der Waals surface area contributed by atoms with E-state index in [1.807, 2.05) is 44.2 Å². The molecule has 0 spiro atoms. The van der Waals surface area contributed by atoms with Crippen LogP contribution in [0.2, 0.25) is 5.02 Å². The van der Waals surface area contributed by atoms with Gasteiger partial charge in [0.15, 0.2) is 0 Å². The summed E-state index contributed by atoms with van der Waals surface area (Å²) in [5.41, 5.74) is 2.70. The Morgan fingerprint density at radius 2 is 1.91 bits per heavy atom. The van der Waals surface area contributed by atoms with Crippen LogP contribution in [0.1, 0.15) is 36.0 Å². The van der Waals surface area contributed by atoms with E-state index in [9.17, 15) is 9.90 Å². The van der Waals surface area contributed by atoms with Crippen LogP contribution in [0.4, 0.5) is 0 Å². The number of aryl methyl sites for hydroxylation is 1. The van der Waals surface area contributed by atoms with Crippen molar-refractivity contribution in [2.45, 2.75) is 32.6 Å². The van der Waals surface area contributed by atoms with Crippen LogP contribution in [-0.2, 0) is 11.2 Å². The summed E-state index contributed by atoms with van der Waals surface area (Å²) >= 11 is 5.88. The lowest BCUT2D eigenvalue weighted by molar-refractivity contribution is -0.138. The molecule has 1 unspecified atom stereocenters. The van der Waals surface area contributed by atoms with E-state index >= 15 is 0 Å². The molecule has 0 fully saturated rings. The normalized spacial score (nSPS) is 12.0. The van der Waals surface area contributed by atoms with Crippen LogP contribution < -0.4 is 4.74 Å². The highest BCUT2D eigenvalue weighted by Crippen LogP contribution is 2.28. The topological polar surface area (TPSA) is 46.5 Å². The number of rotatable bonds is 7. The Balaban J connectivity index is 2.23. The number of ether oxygens (including phenoxy) is 1. The molecule has 2 aromatic carbocycles. The van der Waals surface area contributed by atoms with E-state index < -0.39 is 11.9 Å². The molecule has 0 aromatic heterocycles. The van der Waals surface area contributed by atoms with Crippen LogP contribution in [-0.4, -0.2) is 17.7 Å². The fourth-order valence-corrected chi connectivity index (χ4v) is 2.66. The third-order valence-electron chi connectivity index (χ3n) is 3.74. The molecule has 2 aromatic rings. The Labute approximate surface area is 141 Å². The number of hydrogen-bond donors (Lipinski definition) is 1. The molecule has 1 N–H and O–H groups in total. The molecule has 0 aliphatic rings. The van der Waals surface area contributed by atoms with Crippen molar-refractivity contribution in [2.75, 3.05) is 6.61 Å². The Bertz CT molecular complexity index is 665. The summed E-state index contributed by atoms with van der Waals surface area (Å²) in [6.07, 6.45) is 1.37. The van der Waals surface area contributed by atoms with Gasteiger partial charge in [-0.3, -0.25) is 4.79 Å². The summed E-state index contributed by atoms with van der Waals surface area (Å²) in [5.74, 6) is -0.634. The average molecular weight is 333 g/mol. The summed E-state index contributed by atoms with van der Waals surface area (Å²) in [6.45, 7) is 4.63. The van der Waals surface area contributed by atoms with Gasteiger partial charge in [0.25, 0.3) is 0 Å². The number of carboxylic acids is 1. The van der Waals surface area contributed by atoms with Crippen molar-refractivity contribution >= 4 is 17.6 Å². The Kier molecular flexibility index (Phi) is 6.05. The van der Waals surface area contributed by atoms with Crippen LogP contribution in [0, 0.1) is 6.92 Å². The Morgan fingerprint density at radius 3 is 2.48 bits per heavy atom. The van der Waals surface area contributed by atoms with Gasteiger partial charge in [0.2, 0.25) is 0 Å². The van der Waals surface area contributed by atoms with E-state index in [-0.39, 0.29) is 0 Å². The van der Waals surface area contributed by atoms with Crippen molar-refractivity contribution in [3.05, 3.63) is 64.2 Å². The first-order valence-corrected chi connectivity index (χ1v) is 8.09. The smallest absolute Gasteiger partial charge is 0.311 e. The Hall–Kier alpha value is -2.00. The second-order valence-corrected chi connectivity index (χ2v) is 6.02. The van der Waals surface area contributed by atoms with E-state index in [0.29, 0.717) is 18.1 Å². The summed E-state index contributed by atoms with van der Waals surface area (Å²) in [4.78, 5) is 11.7. The highest BCUT2D eigenvalue weighted by molar-refractivity contribution is 6.30. The maximum absolute atomic E-state index is 11.7. The summed E-state index contributed by atoms with van der Waals surface area (Å²) < 4.78 is 5.60. The molecular weight excluding hydrogens is 312 g/mol. The third-order valence-corrected chi connectivity index (χ3v) is 3.99. The van der Waals surface area contributed by atoms with Gasteiger partial charge < -0.3 is 9.84 Å². The molecule has 4 heteroatoms. The number of aliphatic carboxylic acids is 1. The van der Waals surface area contributed by atoms with Gasteiger partial charge in [0.05, 0.1) is 12.5 Å². The first-order valence-electron chi connectivity index (χ1n) is 7.72. The van der Waals surface area contributed by atoms with Crippen LogP contribution in [0.5, 0.6) is 5.75 Å². The summed E-state index contributed by atoms with van der Waals surface area (Å²) in [5, 5.41) is 10.3. The van der Waals surface area contributed by atoms with Crippen LogP contribution >= 0.6 is 11.6 Å². The zero-order chi connectivity index (χ0) is 16.8. The fraction of sp³-hybridized carbons (Fsp3) is 0.316. The van der Waals surface area contributed by atoms with E-state index in [1.165, 1.54) is 0 Å². The van der Waals surface area contributed by atoms with E-state index in [4.69, 9.17) is 16.3 Å². The van der Waals surface area contributed by atoms with Gasteiger partial charge in [0.1, 0.15) is 5.75 Å². The predicted molar refractivity (Wildman–Crippen MR) is 92.5 cm³/mol. The molecule has 0 aliphatic heterocycles. The fourth-order valence-electron chi connectivity index (χ4n) is 2.54. The molecule has 0 heterocycles. The van der Waals surface area contributed by atoms with E-state index in [0.717, 1.165) is 28.9 Å². The quantitative estimate of drug-likeness (QED) is 0.788. The van der Waals surface area contributed by atoms with Gasteiger partial charge in [-0.2, -0.15) is 0 Å². The number of benzene rings is 2. The van der Waals surface area contributed by atoms with Gasteiger partial charge in [-0.1, -0.05) is 36.7 Å². The van der Waals surface area contributed by atoms with Crippen LogP contribution in [0.3, 0.4) is 0 Å². The minimum atomic E-state index is -0.828. The average Bonchev–Trinajstić information content (AvgIpc) is 2.53. The molecule has 0 amide bonds. The highest BCUT2D eigenvalue weighted by atomic mass is 35.5. The standard InChI is InChI=1S/C19H21ClO3/c1-3-10-23-16-8-9-17(13(2)11-16)18(19(21)22)12-14-4-6-15(20)7-5-14/h4-9,11,18H,3,10,12H2,1-2H3,(H,21,22). The van der Waals surface area contributed by atoms with Gasteiger partial charge in [-0.05, 0) is 60.7 Å². The lowest BCUT2D eigenvalue weighted by Gasteiger charge is -2.17. The lowest BCUT2D eigenvalue weighted by atomic mass is 9.89. The monoisotopic (exact) mass is 332 g/mol.